The van der Waals surface area contributed by atoms with Crippen LogP contribution in [0, 0.1) is 17.1 Å². The van der Waals surface area contributed by atoms with Crippen LogP contribution in [-0.4, -0.2) is 16.8 Å². The van der Waals surface area contributed by atoms with Crippen molar-refractivity contribution < 1.29 is 9.13 Å². The van der Waals surface area contributed by atoms with E-state index in [0.29, 0.717) is 17.9 Å². The molecule has 5 heteroatoms. The number of hydrogen-bond donors (Lipinski definition) is 0. The Labute approximate surface area is 104 Å². The van der Waals surface area contributed by atoms with E-state index in [1.54, 1.807) is 31.2 Å². The van der Waals surface area contributed by atoms with Crippen molar-refractivity contribution >= 4 is 0 Å². The van der Waals surface area contributed by atoms with Gasteiger partial charge in [-0.25, -0.2) is 4.39 Å². The first-order chi connectivity index (χ1) is 8.76. The molecule has 2 aromatic rings. The molecule has 0 unspecified atom stereocenters. The largest absolute Gasteiger partial charge is 0.491 e. The highest BCUT2D eigenvalue weighted by Crippen LogP contribution is 2.27. The van der Waals surface area contributed by atoms with Gasteiger partial charge in [-0.15, -0.1) is 10.2 Å². The standard InChI is InChI=1S/C13H10FN3O/c1-2-18-12-5-3-4-10(13(12)14)11-7-6-9(8-15)16-17-11/h3-7H,2H2,1H3. The maximum Gasteiger partial charge on any atom is 0.174 e. The zero-order valence-corrected chi connectivity index (χ0v) is 9.72. The fourth-order valence-electron chi connectivity index (χ4n) is 1.51. The topological polar surface area (TPSA) is 58.8 Å². The van der Waals surface area contributed by atoms with Crippen molar-refractivity contribution in [2.45, 2.75) is 6.92 Å². The van der Waals surface area contributed by atoms with Crippen molar-refractivity contribution in [3.8, 4) is 23.1 Å². The summed E-state index contributed by atoms with van der Waals surface area (Å²) in [5, 5.41) is 16.1. The summed E-state index contributed by atoms with van der Waals surface area (Å²) in [6, 6.07) is 9.74. The molecule has 0 saturated heterocycles. The molecule has 0 aliphatic carbocycles. The molecule has 0 aliphatic rings. The molecule has 2 rings (SSSR count). The molecular formula is C13H10FN3O. The lowest BCUT2D eigenvalue weighted by atomic mass is 10.1. The number of rotatable bonds is 3. The second-order valence-corrected chi connectivity index (χ2v) is 3.47. The van der Waals surface area contributed by atoms with Gasteiger partial charge in [-0.05, 0) is 31.2 Å². The van der Waals surface area contributed by atoms with Gasteiger partial charge in [0.2, 0.25) is 0 Å². The Balaban J connectivity index is 2.44. The van der Waals surface area contributed by atoms with Crippen LogP contribution in [-0.2, 0) is 0 Å². The van der Waals surface area contributed by atoms with E-state index >= 15 is 0 Å². The van der Waals surface area contributed by atoms with E-state index < -0.39 is 5.82 Å². The third-order valence-electron chi connectivity index (χ3n) is 2.32. The lowest BCUT2D eigenvalue weighted by molar-refractivity contribution is 0.322. The summed E-state index contributed by atoms with van der Waals surface area (Å²) in [5.41, 5.74) is 0.867. The van der Waals surface area contributed by atoms with Crippen LogP contribution >= 0.6 is 0 Å². The molecule has 0 atom stereocenters. The van der Waals surface area contributed by atoms with Gasteiger partial charge in [0.05, 0.1) is 12.3 Å². The number of aromatic nitrogens is 2. The molecule has 18 heavy (non-hydrogen) atoms. The van der Waals surface area contributed by atoms with Gasteiger partial charge >= 0.3 is 0 Å². The van der Waals surface area contributed by atoms with Crippen molar-refractivity contribution in [3.63, 3.8) is 0 Å². The quantitative estimate of drug-likeness (QED) is 0.831. The summed E-state index contributed by atoms with van der Waals surface area (Å²) < 4.78 is 19.2. The van der Waals surface area contributed by atoms with Crippen LogP contribution < -0.4 is 4.74 Å². The molecule has 1 aromatic carbocycles. The van der Waals surface area contributed by atoms with E-state index in [-0.39, 0.29) is 11.4 Å². The Morgan fingerprint density at radius 3 is 2.72 bits per heavy atom. The highest BCUT2D eigenvalue weighted by atomic mass is 19.1. The molecule has 0 spiro atoms. The second kappa shape index (κ2) is 5.23. The van der Waals surface area contributed by atoms with Gasteiger partial charge in [-0.2, -0.15) is 5.26 Å². The number of ether oxygens (including phenoxy) is 1. The second-order valence-electron chi connectivity index (χ2n) is 3.47. The molecule has 0 fully saturated rings. The van der Waals surface area contributed by atoms with Crippen LogP contribution in [0.4, 0.5) is 4.39 Å². The van der Waals surface area contributed by atoms with Gasteiger partial charge in [0, 0.05) is 5.56 Å². The molecule has 0 saturated carbocycles. The normalized spacial score (nSPS) is 9.83. The Morgan fingerprint density at radius 2 is 2.11 bits per heavy atom. The van der Waals surface area contributed by atoms with Crippen molar-refractivity contribution in [2.75, 3.05) is 6.61 Å². The van der Waals surface area contributed by atoms with Gasteiger partial charge in [-0.1, -0.05) is 6.07 Å². The maximum atomic E-state index is 14.1. The van der Waals surface area contributed by atoms with E-state index in [0.717, 1.165) is 0 Å². The Kier molecular flexibility index (Phi) is 3.49. The summed E-state index contributed by atoms with van der Waals surface area (Å²) >= 11 is 0. The number of nitrogens with zero attached hydrogens (tertiary/aromatic N) is 3. The molecule has 0 N–H and O–H groups in total. The lowest BCUT2D eigenvalue weighted by Gasteiger charge is -2.07. The fraction of sp³-hybridized carbons (Fsp3) is 0.154. The van der Waals surface area contributed by atoms with Crippen molar-refractivity contribution in [3.05, 3.63) is 41.8 Å². The predicted molar refractivity (Wildman–Crippen MR) is 63.3 cm³/mol. The van der Waals surface area contributed by atoms with E-state index in [1.807, 2.05) is 6.07 Å². The first kappa shape index (κ1) is 12.0. The van der Waals surface area contributed by atoms with Gasteiger partial charge in [0.1, 0.15) is 6.07 Å². The molecule has 0 bridgehead atoms. The van der Waals surface area contributed by atoms with Crippen molar-refractivity contribution in [1.82, 2.24) is 10.2 Å². The van der Waals surface area contributed by atoms with E-state index in [1.165, 1.54) is 6.07 Å². The minimum Gasteiger partial charge on any atom is -0.491 e. The molecule has 1 heterocycles. The molecule has 0 aliphatic heterocycles. The number of benzene rings is 1. The first-order valence-corrected chi connectivity index (χ1v) is 5.41. The summed E-state index contributed by atoms with van der Waals surface area (Å²) in [6.45, 7) is 2.17. The highest BCUT2D eigenvalue weighted by molar-refractivity contribution is 5.62. The maximum absolute atomic E-state index is 14.1. The van der Waals surface area contributed by atoms with Gasteiger partial charge in [-0.3, -0.25) is 0 Å². The zero-order chi connectivity index (χ0) is 13.0. The van der Waals surface area contributed by atoms with Gasteiger partial charge < -0.3 is 4.74 Å². The van der Waals surface area contributed by atoms with Crippen LogP contribution in [0.1, 0.15) is 12.6 Å². The third kappa shape index (κ3) is 2.28. The molecule has 0 amide bonds. The number of hydrogen-bond acceptors (Lipinski definition) is 4. The minimum absolute atomic E-state index is 0.182. The van der Waals surface area contributed by atoms with E-state index in [4.69, 9.17) is 10.00 Å². The zero-order valence-electron chi connectivity index (χ0n) is 9.72. The van der Waals surface area contributed by atoms with E-state index in [2.05, 4.69) is 10.2 Å². The van der Waals surface area contributed by atoms with Crippen LogP contribution in [0.25, 0.3) is 11.3 Å². The summed E-state index contributed by atoms with van der Waals surface area (Å²) in [5.74, 6) is -0.292. The highest BCUT2D eigenvalue weighted by Gasteiger charge is 2.12. The van der Waals surface area contributed by atoms with Gasteiger partial charge in [0.25, 0.3) is 0 Å². The van der Waals surface area contributed by atoms with Crippen LogP contribution in [0.15, 0.2) is 30.3 Å². The minimum atomic E-state index is -0.474. The fourth-order valence-corrected chi connectivity index (χ4v) is 1.51. The summed E-state index contributed by atoms with van der Waals surface area (Å²) in [6.07, 6.45) is 0. The SMILES string of the molecule is CCOc1cccc(-c2ccc(C#N)nn2)c1F. The molecule has 1 aromatic heterocycles. The number of halogens is 1. The summed E-state index contributed by atoms with van der Waals surface area (Å²) in [7, 11) is 0. The predicted octanol–water partition coefficient (Wildman–Crippen LogP) is 2.55. The smallest absolute Gasteiger partial charge is 0.174 e. The average molecular weight is 243 g/mol. The van der Waals surface area contributed by atoms with Crippen LogP contribution in [0.5, 0.6) is 5.75 Å². The number of nitriles is 1. The molecule has 4 nitrogen and oxygen atoms in total. The Bertz CT molecular complexity index is 590. The Morgan fingerprint density at radius 1 is 1.28 bits per heavy atom. The van der Waals surface area contributed by atoms with Crippen LogP contribution in [0.2, 0.25) is 0 Å². The van der Waals surface area contributed by atoms with Crippen molar-refractivity contribution in [2.24, 2.45) is 0 Å². The molecule has 0 radical (unpaired) electrons. The Hall–Kier alpha value is -2.48. The molecular weight excluding hydrogens is 233 g/mol. The third-order valence-corrected chi connectivity index (χ3v) is 2.32. The monoisotopic (exact) mass is 243 g/mol. The van der Waals surface area contributed by atoms with Gasteiger partial charge in [0.15, 0.2) is 17.3 Å². The summed E-state index contributed by atoms with van der Waals surface area (Å²) in [4.78, 5) is 0. The van der Waals surface area contributed by atoms with Crippen molar-refractivity contribution in [1.29, 1.82) is 5.26 Å². The van der Waals surface area contributed by atoms with E-state index in [9.17, 15) is 4.39 Å². The lowest BCUT2D eigenvalue weighted by Crippen LogP contribution is -1.98. The average Bonchev–Trinajstić information content (AvgIpc) is 2.42. The first-order valence-electron chi connectivity index (χ1n) is 5.41. The van der Waals surface area contributed by atoms with Crippen LogP contribution in [0.3, 0.4) is 0 Å². The molecule has 90 valence electrons.